The number of aromatic nitrogens is 3. The molecule has 3 nitrogen and oxygen atoms in total. The van der Waals surface area contributed by atoms with Crippen LogP contribution in [-0.4, -0.2) is 13.2 Å². The van der Waals surface area contributed by atoms with Crippen LogP contribution in [-0.2, 0) is 0 Å². The second-order valence-electron chi connectivity index (χ2n) is 5.25. The van der Waals surface area contributed by atoms with Crippen molar-refractivity contribution in [2.45, 2.75) is 0 Å². The number of nitrogens with zero attached hydrogens (tertiary/aromatic N) is 3. The van der Waals surface area contributed by atoms with Gasteiger partial charge in [0.05, 0.1) is 11.0 Å². The standard InChI is InChI=1S/C18H13N3/c1-2-7-15-14(6-1)16-8-3-11-19(16)18-10-5-13-21(18)17-9-4-12-20(15)17/h1-13H. The fraction of sp³-hybridized carbons (Fsp3) is 0. The van der Waals surface area contributed by atoms with Gasteiger partial charge in [0.25, 0.3) is 0 Å². The maximum absolute atomic E-state index is 2.25. The Balaban J connectivity index is 2.32. The van der Waals surface area contributed by atoms with Crippen molar-refractivity contribution in [2.24, 2.45) is 0 Å². The topological polar surface area (TPSA) is 13.2 Å². The molecule has 0 amide bonds. The Hall–Kier alpha value is -2.94. The van der Waals surface area contributed by atoms with Crippen molar-refractivity contribution in [2.75, 3.05) is 0 Å². The summed E-state index contributed by atoms with van der Waals surface area (Å²) in [5.74, 6) is 0. The molecule has 5 aromatic rings. The minimum absolute atomic E-state index is 1.15. The first-order chi connectivity index (χ1) is 10.4. The summed E-state index contributed by atoms with van der Waals surface area (Å²) in [7, 11) is 0. The van der Waals surface area contributed by atoms with Crippen LogP contribution in [0.5, 0.6) is 0 Å². The first-order valence-electron chi connectivity index (χ1n) is 7.06. The van der Waals surface area contributed by atoms with Gasteiger partial charge in [-0.05, 0) is 42.5 Å². The molecule has 5 rings (SSSR count). The van der Waals surface area contributed by atoms with E-state index in [4.69, 9.17) is 0 Å². The second kappa shape index (κ2) is 3.79. The molecule has 0 aliphatic heterocycles. The largest absolute Gasteiger partial charge is 0.302 e. The lowest BCUT2D eigenvalue weighted by Crippen LogP contribution is -1.95. The molecule has 1 aromatic carbocycles. The molecule has 0 N–H and O–H groups in total. The average Bonchev–Trinajstić information content (AvgIpc) is 3.24. The smallest absolute Gasteiger partial charge is 0.122 e. The summed E-state index contributed by atoms with van der Waals surface area (Å²) in [6, 6.07) is 21.3. The van der Waals surface area contributed by atoms with Crippen LogP contribution in [0.25, 0.3) is 27.7 Å². The molecule has 0 bridgehead atoms. The van der Waals surface area contributed by atoms with Gasteiger partial charge in [0.15, 0.2) is 0 Å². The SMILES string of the molecule is c1ccc2c(c1)c1cccn1c1cccn1c1cccn21. The van der Waals surface area contributed by atoms with Crippen LogP contribution in [0.1, 0.15) is 0 Å². The molecule has 0 saturated carbocycles. The van der Waals surface area contributed by atoms with Crippen LogP contribution < -0.4 is 0 Å². The van der Waals surface area contributed by atoms with E-state index in [0.717, 1.165) is 11.3 Å². The van der Waals surface area contributed by atoms with Crippen LogP contribution in [0.3, 0.4) is 0 Å². The van der Waals surface area contributed by atoms with E-state index < -0.39 is 0 Å². The highest BCUT2D eigenvalue weighted by atomic mass is 15.1. The lowest BCUT2D eigenvalue weighted by molar-refractivity contribution is 1.10. The van der Waals surface area contributed by atoms with Crippen molar-refractivity contribution >= 4 is 27.7 Å². The van der Waals surface area contributed by atoms with E-state index in [1.54, 1.807) is 0 Å². The molecule has 4 aromatic heterocycles. The summed E-state index contributed by atoms with van der Waals surface area (Å²) in [6.45, 7) is 0. The fourth-order valence-electron chi connectivity index (χ4n) is 3.23. The normalized spacial score (nSPS) is 11.8. The zero-order valence-corrected chi connectivity index (χ0v) is 11.3. The predicted octanol–water partition coefficient (Wildman–Crippen LogP) is 4.16. The van der Waals surface area contributed by atoms with Gasteiger partial charge in [-0.3, -0.25) is 4.40 Å². The summed E-state index contributed by atoms with van der Waals surface area (Å²) in [5.41, 5.74) is 4.73. The summed E-state index contributed by atoms with van der Waals surface area (Å²) >= 11 is 0. The molecular weight excluding hydrogens is 258 g/mol. The highest BCUT2D eigenvalue weighted by molar-refractivity contribution is 5.94. The van der Waals surface area contributed by atoms with Crippen molar-refractivity contribution < 1.29 is 0 Å². The average molecular weight is 271 g/mol. The Bertz CT molecular complexity index is 1050. The third-order valence-electron chi connectivity index (χ3n) is 4.14. The minimum atomic E-state index is 1.15. The quantitative estimate of drug-likeness (QED) is 0.401. The molecule has 0 aliphatic rings. The molecular formula is C18H13N3. The Labute approximate surface area is 120 Å². The molecule has 0 radical (unpaired) electrons. The summed E-state index contributed by atoms with van der Waals surface area (Å²) in [4.78, 5) is 0. The third kappa shape index (κ3) is 1.32. The molecule has 0 spiro atoms. The van der Waals surface area contributed by atoms with Crippen molar-refractivity contribution in [3.8, 4) is 0 Å². The predicted molar refractivity (Wildman–Crippen MR) is 85.6 cm³/mol. The monoisotopic (exact) mass is 271 g/mol. The van der Waals surface area contributed by atoms with Crippen LogP contribution in [0.4, 0.5) is 0 Å². The van der Waals surface area contributed by atoms with Crippen LogP contribution >= 0.6 is 0 Å². The number of benzene rings is 1. The fourth-order valence-corrected chi connectivity index (χ4v) is 3.23. The molecule has 0 unspecified atom stereocenters. The molecule has 21 heavy (non-hydrogen) atoms. The molecule has 100 valence electrons. The first-order valence-corrected chi connectivity index (χ1v) is 7.06. The zero-order valence-electron chi connectivity index (χ0n) is 11.3. The number of para-hydroxylation sites is 1. The minimum Gasteiger partial charge on any atom is -0.302 e. The third-order valence-corrected chi connectivity index (χ3v) is 4.14. The molecule has 4 heterocycles. The highest BCUT2D eigenvalue weighted by Crippen LogP contribution is 2.22. The molecule has 0 fully saturated rings. The van der Waals surface area contributed by atoms with E-state index in [2.05, 4.69) is 92.5 Å². The molecule has 0 saturated heterocycles. The Morgan fingerprint density at radius 3 is 1.71 bits per heavy atom. The van der Waals surface area contributed by atoms with Gasteiger partial charge < -0.3 is 8.80 Å². The number of rotatable bonds is 0. The van der Waals surface area contributed by atoms with Crippen LogP contribution in [0, 0.1) is 0 Å². The van der Waals surface area contributed by atoms with E-state index in [9.17, 15) is 0 Å². The number of fused-ring (bicyclic) bond motifs is 8. The van der Waals surface area contributed by atoms with E-state index in [1.807, 2.05) is 0 Å². The summed E-state index contributed by atoms with van der Waals surface area (Å²) in [6.07, 6.45) is 6.35. The van der Waals surface area contributed by atoms with Gasteiger partial charge in [-0.1, -0.05) is 18.2 Å². The lowest BCUT2D eigenvalue weighted by Gasteiger charge is -2.06. The van der Waals surface area contributed by atoms with Crippen molar-refractivity contribution in [1.29, 1.82) is 0 Å². The first kappa shape index (κ1) is 10.8. The maximum atomic E-state index is 2.25. The molecule has 3 heteroatoms. The van der Waals surface area contributed by atoms with Crippen molar-refractivity contribution in [1.82, 2.24) is 13.2 Å². The maximum Gasteiger partial charge on any atom is 0.122 e. The van der Waals surface area contributed by atoms with Crippen LogP contribution in [0.2, 0.25) is 0 Å². The van der Waals surface area contributed by atoms with Gasteiger partial charge in [-0.25, -0.2) is 0 Å². The Kier molecular flexibility index (Phi) is 1.95. The van der Waals surface area contributed by atoms with E-state index >= 15 is 0 Å². The van der Waals surface area contributed by atoms with Gasteiger partial charge in [-0.2, -0.15) is 0 Å². The number of hydrogen-bond donors (Lipinski definition) is 0. The highest BCUT2D eigenvalue weighted by Gasteiger charge is 2.06. The van der Waals surface area contributed by atoms with Crippen LogP contribution in [0.15, 0.2) is 79.3 Å². The van der Waals surface area contributed by atoms with E-state index in [0.29, 0.717) is 0 Å². The van der Waals surface area contributed by atoms with Gasteiger partial charge in [0.2, 0.25) is 0 Å². The van der Waals surface area contributed by atoms with Gasteiger partial charge in [-0.15, -0.1) is 0 Å². The van der Waals surface area contributed by atoms with Gasteiger partial charge in [0.1, 0.15) is 11.3 Å². The van der Waals surface area contributed by atoms with Crippen molar-refractivity contribution in [3.63, 3.8) is 0 Å². The van der Waals surface area contributed by atoms with E-state index in [1.165, 1.54) is 16.4 Å². The van der Waals surface area contributed by atoms with Crippen molar-refractivity contribution in [3.05, 3.63) is 79.3 Å². The zero-order chi connectivity index (χ0) is 13.8. The summed E-state index contributed by atoms with van der Waals surface area (Å²) in [5, 5.41) is 1.24. The van der Waals surface area contributed by atoms with Gasteiger partial charge in [0, 0.05) is 24.0 Å². The Morgan fingerprint density at radius 2 is 1.00 bits per heavy atom. The number of hydrogen-bond acceptors (Lipinski definition) is 0. The van der Waals surface area contributed by atoms with E-state index in [-0.39, 0.29) is 0 Å². The second-order valence-corrected chi connectivity index (χ2v) is 5.25. The molecule has 0 atom stereocenters. The lowest BCUT2D eigenvalue weighted by atomic mass is 10.2. The van der Waals surface area contributed by atoms with Gasteiger partial charge >= 0.3 is 0 Å². The molecule has 0 aliphatic carbocycles. The Morgan fingerprint density at radius 1 is 0.476 bits per heavy atom. The summed E-state index contributed by atoms with van der Waals surface area (Å²) < 4.78 is 6.71.